The van der Waals surface area contributed by atoms with Gasteiger partial charge in [0, 0.05) is 31.3 Å². The van der Waals surface area contributed by atoms with Crippen LogP contribution in [0.25, 0.3) is 0 Å². The normalized spacial score (nSPS) is 10.2. The van der Waals surface area contributed by atoms with Gasteiger partial charge in [0.05, 0.1) is 10.7 Å². The Kier molecular flexibility index (Phi) is 5.77. The van der Waals surface area contributed by atoms with Crippen molar-refractivity contribution in [1.82, 2.24) is 15.6 Å². The van der Waals surface area contributed by atoms with Crippen LogP contribution < -0.4 is 10.6 Å². The first-order chi connectivity index (χ1) is 8.49. The zero-order valence-corrected chi connectivity index (χ0v) is 11.8. The summed E-state index contributed by atoms with van der Waals surface area (Å²) in [7, 11) is 0. The van der Waals surface area contributed by atoms with Gasteiger partial charge in [-0.25, -0.2) is 4.98 Å². The van der Waals surface area contributed by atoms with E-state index in [9.17, 15) is 9.59 Å². The maximum absolute atomic E-state index is 11.5. The molecule has 2 amide bonds. The molecule has 0 aliphatic heterocycles. The van der Waals surface area contributed by atoms with E-state index in [0.29, 0.717) is 19.5 Å². The fraction of sp³-hybridized carbons (Fsp3) is 0.583. The van der Waals surface area contributed by atoms with Gasteiger partial charge < -0.3 is 10.6 Å². The van der Waals surface area contributed by atoms with Gasteiger partial charge in [-0.1, -0.05) is 0 Å². The average molecular weight is 269 g/mol. The molecule has 18 heavy (non-hydrogen) atoms. The van der Waals surface area contributed by atoms with Crippen LogP contribution in [0.5, 0.6) is 0 Å². The van der Waals surface area contributed by atoms with Crippen molar-refractivity contribution < 1.29 is 9.59 Å². The number of aryl methyl sites for hydroxylation is 3. The molecule has 0 saturated carbocycles. The first-order valence-corrected chi connectivity index (χ1v) is 6.74. The molecular weight excluding hydrogens is 250 g/mol. The summed E-state index contributed by atoms with van der Waals surface area (Å²) in [5, 5.41) is 6.43. The van der Waals surface area contributed by atoms with Crippen LogP contribution in [0, 0.1) is 13.8 Å². The number of thiazole rings is 1. The van der Waals surface area contributed by atoms with E-state index in [-0.39, 0.29) is 11.8 Å². The molecule has 0 radical (unpaired) electrons. The summed E-state index contributed by atoms with van der Waals surface area (Å²) in [4.78, 5) is 27.6. The lowest BCUT2D eigenvalue weighted by atomic mass is 10.2. The highest BCUT2D eigenvalue weighted by Crippen LogP contribution is 2.18. The number of carbonyl (C=O) groups is 2. The summed E-state index contributed by atoms with van der Waals surface area (Å²) in [6.45, 7) is 6.33. The van der Waals surface area contributed by atoms with E-state index in [1.165, 1.54) is 11.8 Å². The third kappa shape index (κ3) is 5.27. The molecule has 0 fully saturated rings. The van der Waals surface area contributed by atoms with E-state index >= 15 is 0 Å². The Morgan fingerprint density at radius 2 is 1.89 bits per heavy atom. The number of aromatic nitrogens is 1. The van der Waals surface area contributed by atoms with Gasteiger partial charge in [0.25, 0.3) is 0 Å². The summed E-state index contributed by atoms with van der Waals surface area (Å²) in [5.41, 5.74) is 1.02. The maximum atomic E-state index is 11.5. The van der Waals surface area contributed by atoms with Crippen molar-refractivity contribution in [2.24, 2.45) is 0 Å². The lowest BCUT2D eigenvalue weighted by Gasteiger charge is -2.05. The van der Waals surface area contributed by atoms with Crippen molar-refractivity contribution in [2.75, 3.05) is 13.1 Å². The highest BCUT2D eigenvalue weighted by molar-refractivity contribution is 7.11. The highest BCUT2D eigenvalue weighted by Gasteiger charge is 2.07. The van der Waals surface area contributed by atoms with Crippen LogP contribution in [0.3, 0.4) is 0 Å². The minimum atomic E-state index is -0.0833. The summed E-state index contributed by atoms with van der Waals surface area (Å²) < 4.78 is 0. The smallest absolute Gasteiger partial charge is 0.220 e. The Morgan fingerprint density at radius 1 is 1.22 bits per heavy atom. The quantitative estimate of drug-likeness (QED) is 0.755. The number of amides is 2. The predicted octanol–water partition coefficient (Wildman–Crippen LogP) is 0.945. The summed E-state index contributed by atoms with van der Waals surface area (Å²) in [6.07, 6.45) is 1.19. The molecular formula is C12H19N3O2S. The topological polar surface area (TPSA) is 71.1 Å². The molecule has 1 aromatic heterocycles. The van der Waals surface area contributed by atoms with Crippen LogP contribution in [0.2, 0.25) is 0 Å². The second-order valence-corrected chi connectivity index (χ2v) is 5.36. The molecule has 1 heterocycles. The molecule has 5 nitrogen and oxygen atoms in total. The van der Waals surface area contributed by atoms with Gasteiger partial charge >= 0.3 is 0 Å². The van der Waals surface area contributed by atoms with E-state index in [4.69, 9.17) is 0 Å². The lowest BCUT2D eigenvalue weighted by Crippen LogP contribution is -2.33. The molecule has 1 aromatic rings. The minimum Gasteiger partial charge on any atom is -0.355 e. The molecule has 0 spiro atoms. The molecule has 0 unspecified atom stereocenters. The Balaban J connectivity index is 2.21. The van der Waals surface area contributed by atoms with Crippen LogP contribution in [0.4, 0.5) is 0 Å². The van der Waals surface area contributed by atoms with Crippen LogP contribution >= 0.6 is 11.3 Å². The zero-order chi connectivity index (χ0) is 13.5. The van der Waals surface area contributed by atoms with Crippen molar-refractivity contribution >= 4 is 23.2 Å². The largest absolute Gasteiger partial charge is 0.355 e. The molecule has 1 rings (SSSR count). The Labute approximate surface area is 111 Å². The zero-order valence-electron chi connectivity index (χ0n) is 11.0. The molecule has 0 bridgehead atoms. The SMILES string of the molecule is CC(=O)NCCNC(=O)CCc1sc(C)nc1C. The number of nitrogens with zero attached hydrogens (tertiary/aromatic N) is 1. The van der Waals surface area contributed by atoms with Gasteiger partial charge in [0.1, 0.15) is 0 Å². The Hall–Kier alpha value is -1.43. The van der Waals surface area contributed by atoms with Gasteiger partial charge in [0.2, 0.25) is 11.8 Å². The van der Waals surface area contributed by atoms with E-state index in [2.05, 4.69) is 15.6 Å². The first kappa shape index (κ1) is 14.6. The fourth-order valence-electron chi connectivity index (χ4n) is 1.56. The van der Waals surface area contributed by atoms with Crippen LogP contribution in [-0.4, -0.2) is 29.9 Å². The van der Waals surface area contributed by atoms with Crippen molar-refractivity contribution in [3.63, 3.8) is 0 Å². The van der Waals surface area contributed by atoms with E-state index < -0.39 is 0 Å². The molecule has 0 aliphatic rings. The maximum Gasteiger partial charge on any atom is 0.220 e. The van der Waals surface area contributed by atoms with Gasteiger partial charge in [-0.05, 0) is 20.3 Å². The molecule has 0 saturated heterocycles. The number of rotatable bonds is 6. The van der Waals surface area contributed by atoms with Gasteiger partial charge in [0.15, 0.2) is 0 Å². The third-order valence-electron chi connectivity index (χ3n) is 2.40. The van der Waals surface area contributed by atoms with Gasteiger partial charge in [-0.3, -0.25) is 9.59 Å². The lowest BCUT2D eigenvalue weighted by molar-refractivity contribution is -0.122. The van der Waals surface area contributed by atoms with E-state index in [1.807, 2.05) is 13.8 Å². The molecule has 0 atom stereocenters. The Bertz CT molecular complexity index is 429. The summed E-state index contributed by atoms with van der Waals surface area (Å²) >= 11 is 1.64. The van der Waals surface area contributed by atoms with Gasteiger partial charge in [-0.15, -0.1) is 11.3 Å². The van der Waals surface area contributed by atoms with E-state index in [0.717, 1.165) is 17.1 Å². The van der Waals surface area contributed by atoms with Gasteiger partial charge in [-0.2, -0.15) is 0 Å². The molecule has 6 heteroatoms. The van der Waals surface area contributed by atoms with Crippen molar-refractivity contribution in [3.05, 3.63) is 15.6 Å². The van der Waals surface area contributed by atoms with Crippen molar-refractivity contribution in [2.45, 2.75) is 33.6 Å². The van der Waals surface area contributed by atoms with Crippen molar-refractivity contribution in [3.8, 4) is 0 Å². The van der Waals surface area contributed by atoms with E-state index in [1.54, 1.807) is 11.3 Å². The third-order valence-corrected chi connectivity index (χ3v) is 3.53. The molecule has 0 aliphatic carbocycles. The number of hydrogen-bond donors (Lipinski definition) is 2. The standard InChI is InChI=1S/C12H19N3O2S/c1-8-11(18-10(3)15-8)4-5-12(17)14-7-6-13-9(2)16/h4-7H2,1-3H3,(H,13,16)(H,14,17). The minimum absolute atomic E-state index is 0.00538. The predicted molar refractivity (Wildman–Crippen MR) is 71.6 cm³/mol. The Morgan fingerprint density at radius 3 is 2.44 bits per heavy atom. The monoisotopic (exact) mass is 269 g/mol. The number of carbonyl (C=O) groups excluding carboxylic acids is 2. The number of hydrogen-bond acceptors (Lipinski definition) is 4. The average Bonchev–Trinajstić information content (AvgIpc) is 2.60. The molecule has 100 valence electrons. The molecule has 2 N–H and O–H groups in total. The summed E-state index contributed by atoms with van der Waals surface area (Å²) in [5.74, 6) is -0.0779. The summed E-state index contributed by atoms with van der Waals surface area (Å²) in [6, 6.07) is 0. The fourth-order valence-corrected chi connectivity index (χ4v) is 2.50. The second kappa shape index (κ2) is 7.10. The van der Waals surface area contributed by atoms with Crippen LogP contribution in [0.15, 0.2) is 0 Å². The second-order valence-electron chi connectivity index (χ2n) is 4.07. The van der Waals surface area contributed by atoms with Crippen LogP contribution in [-0.2, 0) is 16.0 Å². The van der Waals surface area contributed by atoms with Crippen molar-refractivity contribution in [1.29, 1.82) is 0 Å². The highest BCUT2D eigenvalue weighted by atomic mass is 32.1. The van der Waals surface area contributed by atoms with Crippen LogP contribution in [0.1, 0.15) is 28.9 Å². The molecule has 0 aromatic carbocycles. The first-order valence-electron chi connectivity index (χ1n) is 5.93. The number of nitrogens with one attached hydrogen (secondary N) is 2.